The number of phenols is 1. The largest absolute Gasteiger partial charge is 0.507 e. The Kier molecular flexibility index (Phi) is 4.04. The van der Waals surface area contributed by atoms with Crippen molar-refractivity contribution in [1.82, 2.24) is 9.97 Å². The highest BCUT2D eigenvalue weighted by atomic mass is 32.2. The fourth-order valence-corrected chi connectivity index (χ4v) is 2.22. The fourth-order valence-electron chi connectivity index (χ4n) is 1.42. The van der Waals surface area contributed by atoms with E-state index in [1.807, 2.05) is 26.0 Å². The van der Waals surface area contributed by atoms with E-state index in [1.165, 1.54) is 11.8 Å². The Morgan fingerprint density at radius 1 is 1.22 bits per heavy atom. The number of phenolic OH excluding ortho intramolecular Hbond substituents is 1. The summed E-state index contributed by atoms with van der Waals surface area (Å²) in [5, 5.41) is 13.6. The average Bonchev–Trinajstić information content (AvgIpc) is 2.32. The Morgan fingerprint density at radius 3 is 2.72 bits per heavy atom. The second-order valence-corrected chi connectivity index (χ2v) is 5.17. The van der Waals surface area contributed by atoms with Gasteiger partial charge in [0.15, 0.2) is 0 Å². The predicted octanol–water partition coefficient (Wildman–Crippen LogP) is 3.15. The summed E-state index contributed by atoms with van der Waals surface area (Å²) in [6, 6.07) is 7.49. The molecule has 2 rings (SSSR count). The lowest BCUT2D eigenvalue weighted by Crippen LogP contribution is -2.11. The Bertz CT molecular complexity index is 531. The van der Waals surface area contributed by atoms with Crippen LogP contribution in [0.5, 0.6) is 5.75 Å². The van der Waals surface area contributed by atoms with Gasteiger partial charge in [-0.3, -0.25) is 4.98 Å². The number of anilines is 1. The molecule has 0 unspecified atom stereocenters. The molecule has 0 amide bonds. The second-order valence-electron chi connectivity index (χ2n) is 4.11. The van der Waals surface area contributed by atoms with Gasteiger partial charge < -0.3 is 10.4 Å². The first-order valence-electron chi connectivity index (χ1n) is 5.69. The molecule has 0 radical (unpaired) electrons. The molecule has 1 aromatic carbocycles. The first-order valence-corrected chi connectivity index (χ1v) is 6.51. The van der Waals surface area contributed by atoms with Crippen molar-refractivity contribution < 1.29 is 5.11 Å². The van der Waals surface area contributed by atoms with E-state index < -0.39 is 0 Å². The second kappa shape index (κ2) is 5.73. The molecule has 18 heavy (non-hydrogen) atoms. The van der Waals surface area contributed by atoms with E-state index in [0.29, 0.717) is 6.04 Å². The standard InChI is InChI=1S/C13H15N3OS/c1-9(2)15-12-7-14-8-13(16-12)18-11-6-4-3-5-10(11)17/h3-9,17H,1-2H3,(H,15,16). The topological polar surface area (TPSA) is 58.0 Å². The van der Waals surface area contributed by atoms with E-state index in [-0.39, 0.29) is 5.75 Å². The van der Waals surface area contributed by atoms with Crippen molar-refractivity contribution in [1.29, 1.82) is 0 Å². The summed E-state index contributed by atoms with van der Waals surface area (Å²) in [6.07, 6.45) is 3.37. The number of aromatic nitrogens is 2. The molecular formula is C13H15N3OS. The number of nitrogens with zero attached hydrogens (tertiary/aromatic N) is 2. The number of hydrogen-bond acceptors (Lipinski definition) is 5. The van der Waals surface area contributed by atoms with E-state index in [4.69, 9.17) is 0 Å². The summed E-state index contributed by atoms with van der Waals surface area (Å²) >= 11 is 1.39. The van der Waals surface area contributed by atoms with Crippen LogP contribution in [0.3, 0.4) is 0 Å². The number of hydrogen-bond donors (Lipinski definition) is 2. The predicted molar refractivity (Wildman–Crippen MR) is 73.0 cm³/mol. The molecule has 0 saturated carbocycles. The van der Waals surface area contributed by atoms with Gasteiger partial charge in [0.05, 0.1) is 17.3 Å². The minimum Gasteiger partial charge on any atom is -0.507 e. The number of aromatic hydroxyl groups is 1. The van der Waals surface area contributed by atoms with Crippen molar-refractivity contribution in [2.45, 2.75) is 29.8 Å². The van der Waals surface area contributed by atoms with Crippen LogP contribution >= 0.6 is 11.8 Å². The molecule has 1 aromatic heterocycles. The monoisotopic (exact) mass is 261 g/mol. The molecule has 0 aliphatic heterocycles. The van der Waals surface area contributed by atoms with Gasteiger partial charge in [-0.2, -0.15) is 0 Å². The molecule has 0 aliphatic rings. The Labute approximate surface area is 110 Å². The first-order chi connectivity index (χ1) is 8.65. The molecule has 0 fully saturated rings. The van der Waals surface area contributed by atoms with E-state index in [0.717, 1.165) is 15.7 Å². The highest BCUT2D eigenvalue weighted by Gasteiger charge is 2.05. The molecule has 0 bridgehead atoms. The molecule has 0 spiro atoms. The van der Waals surface area contributed by atoms with E-state index >= 15 is 0 Å². The third-order valence-corrected chi connectivity index (χ3v) is 3.10. The van der Waals surface area contributed by atoms with Crippen molar-refractivity contribution in [3.05, 3.63) is 36.7 Å². The molecule has 0 aliphatic carbocycles. The molecule has 4 nitrogen and oxygen atoms in total. The maximum atomic E-state index is 9.70. The van der Waals surface area contributed by atoms with E-state index in [1.54, 1.807) is 24.5 Å². The van der Waals surface area contributed by atoms with Crippen LogP contribution in [0.2, 0.25) is 0 Å². The highest BCUT2D eigenvalue weighted by molar-refractivity contribution is 7.99. The maximum absolute atomic E-state index is 9.70. The van der Waals surface area contributed by atoms with Crippen LogP contribution in [0.4, 0.5) is 5.82 Å². The third-order valence-electron chi connectivity index (χ3n) is 2.13. The molecular weight excluding hydrogens is 246 g/mol. The van der Waals surface area contributed by atoms with Crippen molar-refractivity contribution in [3.63, 3.8) is 0 Å². The van der Waals surface area contributed by atoms with Gasteiger partial charge in [-0.1, -0.05) is 23.9 Å². The molecule has 0 atom stereocenters. The zero-order chi connectivity index (χ0) is 13.0. The summed E-state index contributed by atoms with van der Waals surface area (Å²) in [4.78, 5) is 9.34. The first kappa shape index (κ1) is 12.7. The molecule has 5 heteroatoms. The number of benzene rings is 1. The fraction of sp³-hybridized carbons (Fsp3) is 0.231. The average molecular weight is 261 g/mol. The zero-order valence-electron chi connectivity index (χ0n) is 10.3. The summed E-state index contributed by atoms with van der Waals surface area (Å²) < 4.78 is 0. The summed E-state index contributed by atoms with van der Waals surface area (Å²) in [6.45, 7) is 4.09. The van der Waals surface area contributed by atoms with Crippen molar-refractivity contribution >= 4 is 17.6 Å². The minimum atomic E-state index is 0.256. The SMILES string of the molecule is CC(C)Nc1cncc(Sc2ccccc2O)n1. The highest BCUT2D eigenvalue weighted by Crippen LogP contribution is 2.32. The van der Waals surface area contributed by atoms with Crippen LogP contribution in [0, 0.1) is 0 Å². The van der Waals surface area contributed by atoms with Gasteiger partial charge in [0.1, 0.15) is 16.6 Å². The number of para-hydroxylation sites is 1. The summed E-state index contributed by atoms with van der Waals surface area (Å²) in [7, 11) is 0. The number of rotatable bonds is 4. The van der Waals surface area contributed by atoms with Crippen LogP contribution in [-0.2, 0) is 0 Å². The van der Waals surface area contributed by atoms with Crippen LogP contribution < -0.4 is 5.32 Å². The summed E-state index contributed by atoms with van der Waals surface area (Å²) in [5.74, 6) is 0.997. The molecule has 2 N–H and O–H groups in total. The van der Waals surface area contributed by atoms with Gasteiger partial charge in [-0.15, -0.1) is 0 Å². The molecule has 94 valence electrons. The lowest BCUT2D eigenvalue weighted by atomic mass is 10.3. The smallest absolute Gasteiger partial charge is 0.146 e. The van der Waals surface area contributed by atoms with Gasteiger partial charge in [0.2, 0.25) is 0 Å². The van der Waals surface area contributed by atoms with Gasteiger partial charge in [0.25, 0.3) is 0 Å². The van der Waals surface area contributed by atoms with Crippen LogP contribution in [0.1, 0.15) is 13.8 Å². The quantitative estimate of drug-likeness (QED) is 0.885. The van der Waals surface area contributed by atoms with Crippen LogP contribution in [0.25, 0.3) is 0 Å². The molecule has 2 aromatic rings. The van der Waals surface area contributed by atoms with Crippen LogP contribution in [-0.4, -0.2) is 21.1 Å². The maximum Gasteiger partial charge on any atom is 0.146 e. The summed E-state index contributed by atoms with van der Waals surface area (Å²) in [5.41, 5.74) is 0. The molecule has 0 saturated heterocycles. The molecule has 1 heterocycles. The lowest BCUT2D eigenvalue weighted by molar-refractivity contribution is 0.462. The van der Waals surface area contributed by atoms with Gasteiger partial charge >= 0.3 is 0 Å². The van der Waals surface area contributed by atoms with Crippen molar-refractivity contribution in [2.75, 3.05) is 5.32 Å². The third kappa shape index (κ3) is 3.37. The van der Waals surface area contributed by atoms with E-state index in [2.05, 4.69) is 15.3 Å². The number of nitrogens with one attached hydrogen (secondary N) is 1. The van der Waals surface area contributed by atoms with Gasteiger partial charge in [0, 0.05) is 6.04 Å². The Morgan fingerprint density at radius 2 is 2.00 bits per heavy atom. The Hall–Kier alpha value is -1.75. The normalized spacial score (nSPS) is 10.6. The lowest BCUT2D eigenvalue weighted by Gasteiger charge is -2.09. The van der Waals surface area contributed by atoms with E-state index in [9.17, 15) is 5.11 Å². The minimum absolute atomic E-state index is 0.256. The van der Waals surface area contributed by atoms with Crippen molar-refractivity contribution in [2.24, 2.45) is 0 Å². The van der Waals surface area contributed by atoms with Crippen molar-refractivity contribution in [3.8, 4) is 5.75 Å². The van der Waals surface area contributed by atoms with Gasteiger partial charge in [-0.25, -0.2) is 4.98 Å². The van der Waals surface area contributed by atoms with Crippen LogP contribution in [0.15, 0.2) is 46.6 Å². The zero-order valence-corrected chi connectivity index (χ0v) is 11.1. The van der Waals surface area contributed by atoms with Gasteiger partial charge in [-0.05, 0) is 26.0 Å². The Balaban J connectivity index is 2.17.